The summed E-state index contributed by atoms with van der Waals surface area (Å²) < 4.78 is 11.2. The number of rotatable bonds is 8. The lowest BCUT2D eigenvalue weighted by Crippen LogP contribution is -2.35. The van der Waals surface area contributed by atoms with E-state index in [-0.39, 0.29) is 5.91 Å². The first kappa shape index (κ1) is 17.4. The lowest BCUT2D eigenvalue weighted by atomic mass is 10.1. The van der Waals surface area contributed by atoms with Gasteiger partial charge in [0.05, 0.1) is 13.2 Å². The first-order valence-corrected chi connectivity index (χ1v) is 8.41. The van der Waals surface area contributed by atoms with Crippen molar-refractivity contribution >= 4 is 12.0 Å². The van der Waals surface area contributed by atoms with Gasteiger partial charge in [-0.1, -0.05) is 6.07 Å². The number of carbonyl (C=O) groups is 1. The molecule has 1 unspecified atom stereocenters. The summed E-state index contributed by atoms with van der Waals surface area (Å²) in [5.41, 5.74) is 0.928. The second-order valence-electron chi connectivity index (χ2n) is 5.93. The molecule has 0 radical (unpaired) electrons. The van der Waals surface area contributed by atoms with Crippen molar-refractivity contribution in [1.82, 2.24) is 4.90 Å². The van der Waals surface area contributed by atoms with Crippen LogP contribution in [-0.4, -0.2) is 37.1 Å². The van der Waals surface area contributed by atoms with Gasteiger partial charge in [-0.15, -0.1) is 0 Å². The Kier molecular flexibility index (Phi) is 6.08. The van der Waals surface area contributed by atoms with Crippen LogP contribution in [0.1, 0.15) is 39.2 Å². The maximum atomic E-state index is 12.3. The Morgan fingerprint density at radius 1 is 1.26 bits per heavy atom. The first-order valence-electron chi connectivity index (χ1n) is 8.41. The highest BCUT2D eigenvalue weighted by molar-refractivity contribution is 5.91. The van der Waals surface area contributed by atoms with Gasteiger partial charge in [-0.3, -0.25) is 4.79 Å². The molecule has 0 aromatic heterocycles. The highest BCUT2D eigenvalue weighted by atomic mass is 16.5. The van der Waals surface area contributed by atoms with Gasteiger partial charge in [0, 0.05) is 19.2 Å². The van der Waals surface area contributed by atoms with Gasteiger partial charge in [-0.25, -0.2) is 0 Å². The van der Waals surface area contributed by atoms with Gasteiger partial charge in [0.1, 0.15) is 0 Å². The molecule has 0 spiro atoms. The molecule has 0 N–H and O–H groups in total. The minimum Gasteiger partial charge on any atom is -0.490 e. The molecule has 1 aliphatic rings. The van der Waals surface area contributed by atoms with Crippen LogP contribution in [0.5, 0.6) is 11.5 Å². The van der Waals surface area contributed by atoms with Crippen molar-refractivity contribution < 1.29 is 14.3 Å². The summed E-state index contributed by atoms with van der Waals surface area (Å²) >= 11 is 0. The summed E-state index contributed by atoms with van der Waals surface area (Å²) in [5, 5.41) is 0. The van der Waals surface area contributed by atoms with E-state index in [2.05, 4.69) is 6.92 Å². The van der Waals surface area contributed by atoms with E-state index in [1.165, 1.54) is 12.8 Å². The molecule has 1 amide bonds. The number of benzene rings is 1. The fraction of sp³-hybridized carbons (Fsp3) is 0.526. The Morgan fingerprint density at radius 2 is 1.91 bits per heavy atom. The molecule has 4 heteroatoms. The SMILES string of the molecule is CCOc1ccc(/C=C/C(=O)N(C)C(C)C2CC2)cc1OCC. The smallest absolute Gasteiger partial charge is 0.246 e. The van der Waals surface area contributed by atoms with Crippen molar-refractivity contribution in [3.05, 3.63) is 29.8 Å². The van der Waals surface area contributed by atoms with Crippen molar-refractivity contribution in [2.75, 3.05) is 20.3 Å². The number of hydrogen-bond acceptors (Lipinski definition) is 3. The molecule has 4 nitrogen and oxygen atoms in total. The van der Waals surface area contributed by atoms with E-state index in [0.29, 0.717) is 30.9 Å². The van der Waals surface area contributed by atoms with Gasteiger partial charge < -0.3 is 14.4 Å². The van der Waals surface area contributed by atoms with Crippen LogP contribution in [-0.2, 0) is 4.79 Å². The van der Waals surface area contributed by atoms with Crippen LogP contribution in [0, 0.1) is 5.92 Å². The van der Waals surface area contributed by atoms with Crippen LogP contribution in [0.15, 0.2) is 24.3 Å². The molecule has 1 atom stereocenters. The molecule has 0 aliphatic heterocycles. The van der Waals surface area contributed by atoms with Gasteiger partial charge in [0.25, 0.3) is 0 Å². The van der Waals surface area contributed by atoms with Gasteiger partial charge in [0.15, 0.2) is 11.5 Å². The van der Waals surface area contributed by atoms with Gasteiger partial charge in [0.2, 0.25) is 5.91 Å². The minimum absolute atomic E-state index is 0.0382. The van der Waals surface area contributed by atoms with Crippen molar-refractivity contribution in [1.29, 1.82) is 0 Å². The summed E-state index contributed by atoms with van der Waals surface area (Å²) in [6.07, 6.45) is 5.93. The molecule has 0 saturated heterocycles. The zero-order valence-corrected chi connectivity index (χ0v) is 14.5. The summed E-state index contributed by atoms with van der Waals surface area (Å²) in [6.45, 7) is 7.17. The second kappa shape index (κ2) is 8.04. The predicted octanol–water partition coefficient (Wildman–Crippen LogP) is 3.75. The number of likely N-dealkylation sites (N-methyl/N-ethyl adjacent to an activating group) is 1. The summed E-state index contributed by atoms with van der Waals surface area (Å²) in [6, 6.07) is 6.03. The molecule has 1 fully saturated rings. The molecule has 1 aromatic rings. The third kappa shape index (κ3) is 4.75. The van der Waals surface area contributed by atoms with Crippen LogP contribution in [0.3, 0.4) is 0 Å². The van der Waals surface area contributed by atoms with Gasteiger partial charge in [-0.05, 0) is 63.3 Å². The molecule has 1 aliphatic carbocycles. The normalized spacial score (nSPS) is 15.5. The Labute approximate surface area is 139 Å². The standard InChI is InChI=1S/C19H27NO3/c1-5-22-17-11-7-15(13-18(17)23-6-2)8-12-19(21)20(4)14(3)16-9-10-16/h7-8,11-14,16H,5-6,9-10H2,1-4H3/b12-8+. The Bertz CT molecular complexity index is 564. The molecule has 1 aromatic carbocycles. The minimum atomic E-state index is 0.0382. The zero-order valence-electron chi connectivity index (χ0n) is 14.5. The summed E-state index contributed by atoms with van der Waals surface area (Å²) in [7, 11) is 1.87. The van der Waals surface area contributed by atoms with Crippen LogP contribution >= 0.6 is 0 Å². The zero-order chi connectivity index (χ0) is 16.8. The van der Waals surface area contributed by atoms with Gasteiger partial charge in [-0.2, -0.15) is 0 Å². The highest BCUT2D eigenvalue weighted by Crippen LogP contribution is 2.34. The van der Waals surface area contributed by atoms with Crippen LogP contribution in [0.2, 0.25) is 0 Å². The van der Waals surface area contributed by atoms with E-state index in [9.17, 15) is 4.79 Å². The predicted molar refractivity (Wildman–Crippen MR) is 92.8 cm³/mol. The van der Waals surface area contributed by atoms with E-state index in [4.69, 9.17) is 9.47 Å². The van der Waals surface area contributed by atoms with E-state index in [0.717, 1.165) is 11.3 Å². The van der Waals surface area contributed by atoms with Crippen LogP contribution in [0.25, 0.3) is 6.08 Å². The number of carbonyl (C=O) groups excluding carboxylic acids is 1. The van der Waals surface area contributed by atoms with Crippen LogP contribution < -0.4 is 9.47 Å². The van der Waals surface area contributed by atoms with E-state index in [1.54, 1.807) is 6.08 Å². The molecule has 23 heavy (non-hydrogen) atoms. The van der Waals surface area contributed by atoms with E-state index >= 15 is 0 Å². The lowest BCUT2D eigenvalue weighted by Gasteiger charge is -2.23. The molecule has 126 valence electrons. The Morgan fingerprint density at radius 3 is 2.52 bits per heavy atom. The average molecular weight is 317 g/mol. The van der Waals surface area contributed by atoms with E-state index < -0.39 is 0 Å². The molecule has 2 rings (SSSR count). The maximum absolute atomic E-state index is 12.3. The third-order valence-corrected chi connectivity index (χ3v) is 4.25. The molecule has 1 saturated carbocycles. The third-order valence-electron chi connectivity index (χ3n) is 4.25. The van der Waals surface area contributed by atoms with Crippen molar-refractivity contribution in [3.63, 3.8) is 0 Å². The first-order chi connectivity index (χ1) is 11.1. The number of ether oxygens (including phenoxy) is 2. The van der Waals surface area contributed by atoms with Crippen molar-refractivity contribution in [2.45, 2.75) is 39.7 Å². The van der Waals surface area contributed by atoms with Gasteiger partial charge >= 0.3 is 0 Å². The van der Waals surface area contributed by atoms with E-state index in [1.807, 2.05) is 50.1 Å². The molecule has 0 bridgehead atoms. The Hall–Kier alpha value is -1.97. The fourth-order valence-electron chi connectivity index (χ4n) is 2.55. The maximum Gasteiger partial charge on any atom is 0.246 e. The molecular formula is C19H27NO3. The van der Waals surface area contributed by atoms with Crippen LogP contribution in [0.4, 0.5) is 0 Å². The fourth-order valence-corrected chi connectivity index (χ4v) is 2.55. The number of amides is 1. The number of nitrogens with zero attached hydrogens (tertiary/aromatic N) is 1. The number of hydrogen-bond donors (Lipinski definition) is 0. The largest absolute Gasteiger partial charge is 0.490 e. The van der Waals surface area contributed by atoms with Crippen molar-refractivity contribution in [2.24, 2.45) is 5.92 Å². The van der Waals surface area contributed by atoms with Crippen molar-refractivity contribution in [3.8, 4) is 11.5 Å². The second-order valence-corrected chi connectivity index (χ2v) is 5.93. The topological polar surface area (TPSA) is 38.8 Å². The molecule has 0 heterocycles. The highest BCUT2D eigenvalue weighted by Gasteiger charge is 2.31. The average Bonchev–Trinajstić information content (AvgIpc) is 3.38. The lowest BCUT2D eigenvalue weighted by molar-refractivity contribution is -0.126. The monoisotopic (exact) mass is 317 g/mol. The Balaban J connectivity index is 2.05. The summed E-state index contributed by atoms with van der Waals surface area (Å²) in [4.78, 5) is 14.1. The quantitative estimate of drug-likeness (QED) is 0.685. The molecular weight excluding hydrogens is 290 g/mol. The summed E-state index contributed by atoms with van der Waals surface area (Å²) in [5.74, 6) is 2.16.